The molecule has 0 N–H and O–H groups in total. The molecule has 0 amide bonds. The number of hydrogen-bond acceptors (Lipinski definition) is 2. The molecule has 0 radical (unpaired) electrons. The topological polar surface area (TPSA) is 44.0 Å². The van der Waals surface area contributed by atoms with E-state index in [4.69, 9.17) is 11.6 Å². The first kappa shape index (κ1) is 18.6. The SMILES string of the molecule is Cn1c(C(F)(F)F)cc(=O)n(-c2c[c-]c(Cl)cc2F)c1=O.[W]. The molecule has 2 aromatic rings. The summed E-state index contributed by atoms with van der Waals surface area (Å²) in [5.74, 6) is -1.03. The van der Waals surface area contributed by atoms with Crippen molar-refractivity contribution in [3.8, 4) is 5.69 Å². The van der Waals surface area contributed by atoms with E-state index in [1.165, 1.54) is 0 Å². The Kier molecular flexibility index (Phi) is 5.41. The van der Waals surface area contributed by atoms with Crippen molar-refractivity contribution in [3.05, 3.63) is 61.6 Å². The number of nitrogens with zero attached hydrogens (tertiary/aromatic N) is 2. The molecule has 4 nitrogen and oxygen atoms in total. The van der Waals surface area contributed by atoms with Gasteiger partial charge in [0.1, 0.15) is 5.69 Å². The summed E-state index contributed by atoms with van der Waals surface area (Å²) < 4.78 is 52.2. The van der Waals surface area contributed by atoms with Crippen LogP contribution in [0.4, 0.5) is 17.6 Å². The van der Waals surface area contributed by atoms with E-state index in [1.54, 1.807) is 0 Å². The molecule has 0 aliphatic carbocycles. The first-order valence-corrected chi connectivity index (χ1v) is 5.78. The van der Waals surface area contributed by atoms with Crippen molar-refractivity contribution in [2.75, 3.05) is 0 Å². The molecule has 10 heteroatoms. The Balaban J connectivity index is 0.00000242. The van der Waals surface area contributed by atoms with E-state index in [9.17, 15) is 27.2 Å². The van der Waals surface area contributed by atoms with Crippen molar-refractivity contribution in [2.24, 2.45) is 7.05 Å². The second kappa shape index (κ2) is 6.38. The maximum Gasteiger partial charge on any atom is 0.431 e. The van der Waals surface area contributed by atoms with E-state index in [1.807, 2.05) is 0 Å². The zero-order valence-corrected chi connectivity index (χ0v) is 14.4. The average molecular weight is 505 g/mol. The zero-order chi connectivity index (χ0) is 15.9. The van der Waals surface area contributed by atoms with Gasteiger partial charge in [-0.3, -0.25) is 13.9 Å². The maximum atomic E-state index is 13.7. The van der Waals surface area contributed by atoms with Gasteiger partial charge in [0, 0.05) is 40.0 Å². The zero-order valence-electron chi connectivity index (χ0n) is 10.7. The van der Waals surface area contributed by atoms with E-state index in [0.29, 0.717) is 0 Å². The van der Waals surface area contributed by atoms with Gasteiger partial charge in [-0.05, 0) is 5.69 Å². The third-order valence-electron chi connectivity index (χ3n) is 2.70. The minimum absolute atomic E-state index is 0. The summed E-state index contributed by atoms with van der Waals surface area (Å²) in [6.45, 7) is 0. The molecule has 2 rings (SSSR count). The van der Waals surface area contributed by atoms with Crippen LogP contribution in [-0.4, -0.2) is 9.13 Å². The van der Waals surface area contributed by atoms with E-state index < -0.39 is 34.6 Å². The molecule has 1 heterocycles. The van der Waals surface area contributed by atoms with Crippen LogP contribution in [0.15, 0.2) is 27.8 Å². The Morgan fingerprint density at radius 2 is 1.82 bits per heavy atom. The molecular formula is C12H6ClF4N2O2W-. The molecule has 0 bridgehead atoms. The summed E-state index contributed by atoms with van der Waals surface area (Å²) >= 11 is 5.49. The summed E-state index contributed by atoms with van der Waals surface area (Å²) in [5, 5.41) is -0.104. The summed E-state index contributed by atoms with van der Waals surface area (Å²) in [4.78, 5) is 23.6. The van der Waals surface area contributed by atoms with Crippen LogP contribution in [0.5, 0.6) is 0 Å². The molecule has 22 heavy (non-hydrogen) atoms. The minimum atomic E-state index is -4.88. The fourth-order valence-corrected chi connectivity index (χ4v) is 1.87. The van der Waals surface area contributed by atoms with Crippen LogP contribution in [0, 0.1) is 11.9 Å². The molecule has 1 aromatic heterocycles. The number of alkyl halides is 3. The molecule has 0 saturated carbocycles. The Morgan fingerprint density at radius 1 is 1.23 bits per heavy atom. The summed E-state index contributed by atoms with van der Waals surface area (Å²) in [6, 6.07) is 4.27. The number of aromatic nitrogens is 2. The van der Waals surface area contributed by atoms with Crippen LogP contribution in [0.1, 0.15) is 5.69 Å². The molecular weight excluding hydrogens is 499 g/mol. The molecule has 0 unspecified atom stereocenters. The van der Waals surface area contributed by atoms with Crippen LogP contribution in [-0.2, 0) is 34.3 Å². The predicted octanol–water partition coefficient (Wildman–Crippen LogP) is 2.15. The molecule has 0 fully saturated rings. The Hall–Kier alpha value is -1.40. The summed E-state index contributed by atoms with van der Waals surface area (Å²) in [5.41, 5.74) is -4.59. The van der Waals surface area contributed by atoms with Gasteiger partial charge in [-0.1, -0.05) is 5.02 Å². The number of hydrogen-bond donors (Lipinski definition) is 0. The third-order valence-corrected chi connectivity index (χ3v) is 2.91. The second-order valence-electron chi connectivity index (χ2n) is 4.06. The molecule has 0 spiro atoms. The van der Waals surface area contributed by atoms with Gasteiger partial charge in [-0.25, -0.2) is 9.18 Å². The first-order chi connectivity index (χ1) is 9.62. The van der Waals surface area contributed by atoms with Crippen molar-refractivity contribution >= 4 is 11.6 Å². The Bertz CT molecular complexity index is 829. The molecule has 1 aromatic carbocycles. The number of benzene rings is 1. The molecule has 118 valence electrons. The largest absolute Gasteiger partial charge is 0.431 e. The molecule has 0 atom stereocenters. The Morgan fingerprint density at radius 3 is 2.32 bits per heavy atom. The van der Waals surface area contributed by atoms with Gasteiger partial charge in [0.15, 0.2) is 0 Å². The van der Waals surface area contributed by atoms with Crippen molar-refractivity contribution in [1.29, 1.82) is 0 Å². The van der Waals surface area contributed by atoms with Gasteiger partial charge in [-0.15, -0.1) is 23.7 Å². The van der Waals surface area contributed by atoms with Gasteiger partial charge in [0.05, 0.1) is 0 Å². The molecule has 0 aliphatic rings. The van der Waals surface area contributed by atoms with E-state index >= 15 is 0 Å². The monoisotopic (exact) mass is 505 g/mol. The van der Waals surface area contributed by atoms with Gasteiger partial charge >= 0.3 is 11.9 Å². The maximum absolute atomic E-state index is 13.7. The van der Waals surface area contributed by atoms with Crippen LogP contribution in [0.25, 0.3) is 5.69 Å². The van der Waals surface area contributed by atoms with Crippen LogP contribution in [0.3, 0.4) is 0 Å². The Labute approximate surface area is 140 Å². The van der Waals surface area contributed by atoms with Crippen molar-refractivity contribution in [1.82, 2.24) is 9.13 Å². The van der Waals surface area contributed by atoms with Gasteiger partial charge < -0.3 is 0 Å². The van der Waals surface area contributed by atoms with E-state index in [2.05, 4.69) is 6.07 Å². The van der Waals surface area contributed by atoms with Crippen LogP contribution in [0.2, 0.25) is 5.02 Å². The van der Waals surface area contributed by atoms with Crippen molar-refractivity contribution < 1.29 is 38.6 Å². The van der Waals surface area contributed by atoms with Gasteiger partial charge in [-0.2, -0.15) is 19.2 Å². The fourth-order valence-electron chi connectivity index (χ4n) is 1.72. The molecule has 0 saturated heterocycles. The van der Waals surface area contributed by atoms with Gasteiger partial charge in [0.25, 0.3) is 0 Å². The number of halogens is 5. The summed E-state index contributed by atoms with van der Waals surface area (Å²) in [7, 11) is 0.832. The fraction of sp³-hybridized carbons (Fsp3) is 0.167. The van der Waals surface area contributed by atoms with E-state index in [-0.39, 0.29) is 41.3 Å². The average Bonchev–Trinajstić information content (AvgIpc) is 2.35. The third kappa shape index (κ3) is 3.33. The minimum Gasteiger partial charge on any atom is -0.293 e. The first-order valence-electron chi connectivity index (χ1n) is 5.40. The van der Waals surface area contributed by atoms with Crippen molar-refractivity contribution in [3.63, 3.8) is 0 Å². The van der Waals surface area contributed by atoms with Crippen LogP contribution >= 0.6 is 11.6 Å². The van der Waals surface area contributed by atoms with Crippen molar-refractivity contribution in [2.45, 2.75) is 6.18 Å². The molecule has 0 aliphatic heterocycles. The quantitative estimate of drug-likeness (QED) is 0.441. The van der Waals surface area contributed by atoms with E-state index in [0.717, 1.165) is 19.2 Å². The number of rotatable bonds is 1. The van der Waals surface area contributed by atoms with Crippen LogP contribution < -0.4 is 11.2 Å². The standard InChI is InChI=1S/C12H6ClF4N2O2.W/c1-18-9(12(15,16)17)5-10(20)19(11(18)21)8-3-2-6(13)4-7(8)14;/h3-5H,1H3;/q-1;. The normalized spacial score (nSPS) is 11.2. The smallest absolute Gasteiger partial charge is 0.293 e. The second-order valence-corrected chi connectivity index (χ2v) is 4.46. The predicted molar refractivity (Wildman–Crippen MR) is 66.1 cm³/mol. The summed E-state index contributed by atoms with van der Waals surface area (Å²) in [6.07, 6.45) is -4.88. The van der Waals surface area contributed by atoms with Gasteiger partial charge in [0.2, 0.25) is 5.56 Å².